The quantitative estimate of drug-likeness (QED) is 0.204. The zero-order valence-electron chi connectivity index (χ0n) is 23.6. The molecule has 0 heterocycles. The highest BCUT2D eigenvalue weighted by atomic mass is 15.1. The average Bonchev–Trinajstić information content (AvgIpc) is 3.06. The molecular weight excluding hydrogens is 506 g/mol. The molecule has 0 N–H and O–H groups in total. The SMILES string of the molecule is Cc1ccc(-c2cc(N(c3ccc(-c4ccccc4)cc3)c3ccc(-c4ccccc4)cc3)cc3ccccc23)cc1. The second-order valence-corrected chi connectivity index (χ2v) is 10.7. The molecule has 0 unspecified atom stereocenters. The number of fused-ring (bicyclic) bond motifs is 1. The number of aryl methyl sites for hydroxylation is 1. The van der Waals surface area contributed by atoms with Gasteiger partial charge >= 0.3 is 0 Å². The summed E-state index contributed by atoms with van der Waals surface area (Å²) in [4.78, 5) is 2.37. The van der Waals surface area contributed by atoms with Gasteiger partial charge in [-0.3, -0.25) is 0 Å². The molecule has 0 radical (unpaired) electrons. The van der Waals surface area contributed by atoms with Gasteiger partial charge in [-0.2, -0.15) is 0 Å². The lowest BCUT2D eigenvalue weighted by Crippen LogP contribution is -2.10. The van der Waals surface area contributed by atoms with E-state index in [0.29, 0.717) is 0 Å². The number of nitrogens with zero attached hydrogens (tertiary/aromatic N) is 1. The minimum Gasteiger partial charge on any atom is -0.310 e. The predicted octanol–water partition coefficient (Wildman–Crippen LogP) is 11.6. The van der Waals surface area contributed by atoms with Crippen LogP contribution in [-0.4, -0.2) is 0 Å². The summed E-state index contributed by atoms with van der Waals surface area (Å²) < 4.78 is 0. The molecule has 0 fully saturated rings. The zero-order chi connectivity index (χ0) is 28.3. The van der Waals surface area contributed by atoms with Crippen LogP contribution in [0.4, 0.5) is 17.1 Å². The second kappa shape index (κ2) is 11.2. The van der Waals surface area contributed by atoms with E-state index in [1.807, 2.05) is 0 Å². The topological polar surface area (TPSA) is 3.24 Å². The Morgan fingerprint density at radius 2 is 0.810 bits per heavy atom. The summed E-state index contributed by atoms with van der Waals surface area (Å²) >= 11 is 0. The van der Waals surface area contributed by atoms with Crippen molar-refractivity contribution in [1.29, 1.82) is 0 Å². The van der Waals surface area contributed by atoms with E-state index in [2.05, 4.69) is 182 Å². The molecule has 7 rings (SSSR count). The molecule has 0 bridgehead atoms. The molecule has 0 aliphatic rings. The molecule has 0 amide bonds. The van der Waals surface area contributed by atoms with Gasteiger partial charge in [0.05, 0.1) is 0 Å². The van der Waals surface area contributed by atoms with Crippen LogP contribution in [0.1, 0.15) is 5.56 Å². The monoisotopic (exact) mass is 537 g/mol. The van der Waals surface area contributed by atoms with E-state index in [4.69, 9.17) is 0 Å². The van der Waals surface area contributed by atoms with Crippen molar-refractivity contribution < 1.29 is 0 Å². The molecule has 7 aromatic carbocycles. The fourth-order valence-electron chi connectivity index (χ4n) is 5.71. The van der Waals surface area contributed by atoms with Crippen molar-refractivity contribution in [2.24, 2.45) is 0 Å². The summed E-state index contributed by atoms with van der Waals surface area (Å²) in [5, 5.41) is 2.47. The summed E-state index contributed by atoms with van der Waals surface area (Å²) in [7, 11) is 0. The smallest absolute Gasteiger partial charge is 0.0474 e. The van der Waals surface area contributed by atoms with E-state index in [-0.39, 0.29) is 0 Å². The summed E-state index contributed by atoms with van der Waals surface area (Å²) in [6, 6.07) is 61.1. The lowest BCUT2D eigenvalue weighted by atomic mass is 9.96. The number of benzene rings is 7. The lowest BCUT2D eigenvalue weighted by Gasteiger charge is -2.27. The number of anilines is 3. The molecule has 200 valence electrons. The van der Waals surface area contributed by atoms with Crippen molar-refractivity contribution in [1.82, 2.24) is 0 Å². The Labute approximate surface area is 248 Å². The highest BCUT2D eigenvalue weighted by molar-refractivity contribution is 6.01. The van der Waals surface area contributed by atoms with E-state index in [1.54, 1.807) is 0 Å². The van der Waals surface area contributed by atoms with Crippen LogP contribution in [0, 0.1) is 6.92 Å². The Balaban J connectivity index is 1.39. The summed E-state index contributed by atoms with van der Waals surface area (Å²) in [5.74, 6) is 0. The van der Waals surface area contributed by atoms with E-state index < -0.39 is 0 Å². The maximum absolute atomic E-state index is 2.37. The van der Waals surface area contributed by atoms with Gasteiger partial charge in [-0.25, -0.2) is 0 Å². The third-order valence-corrected chi connectivity index (χ3v) is 7.93. The minimum atomic E-state index is 1.12. The molecule has 0 spiro atoms. The first kappa shape index (κ1) is 25.6. The molecule has 0 atom stereocenters. The van der Waals surface area contributed by atoms with E-state index in [1.165, 1.54) is 49.7 Å². The second-order valence-electron chi connectivity index (χ2n) is 10.7. The van der Waals surface area contributed by atoms with Crippen LogP contribution < -0.4 is 4.90 Å². The van der Waals surface area contributed by atoms with Crippen molar-refractivity contribution in [3.63, 3.8) is 0 Å². The number of rotatable bonds is 6. The highest BCUT2D eigenvalue weighted by Gasteiger charge is 2.16. The first-order chi connectivity index (χ1) is 20.7. The van der Waals surface area contributed by atoms with Crippen molar-refractivity contribution >= 4 is 27.8 Å². The molecule has 1 nitrogen and oxygen atoms in total. The number of hydrogen-bond acceptors (Lipinski definition) is 1. The van der Waals surface area contributed by atoms with Crippen LogP contribution >= 0.6 is 0 Å². The normalized spacial score (nSPS) is 11.0. The Bertz CT molecular complexity index is 1860. The van der Waals surface area contributed by atoms with Crippen molar-refractivity contribution in [2.75, 3.05) is 4.90 Å². The van der Waals surface area contributed by atoms with Crippen LogP contribution in [0.3, 0.4) is 0 Å². The standard InChI is InChI=1S/C41H31N/c1-30-16-18-35(19-17-30)41-29-39(28-36-14-8-9-15-40(36)41)42(37-24-20-33(21-25-37)31-10-4-2-5-11-31)38-26-22-34(23-27-38)32-12-6-3-7-13-32/h2-29H,1H3. The van der Waals surface area contributed by atoms with Crippen LogP contribution in [0.25, 0.3) is 44.2 Å². The van der Waals surface area contributed by atoms with Gasteiger partial charge in [0, 0.05) is 17.1 Å². The average molecular weight is 538 g/mol. The van der Waals surface area contributed by atoms with Crippen LogP contribution in [0.5, 0.6) is 0 Å². The molecule has 0 saturated heterocycles. The molecular formula is C41H31N. The van der Waals surface area contributed by atoms with Crippen molar-refractivity contribution in [3.05, 3.63) is 175 Å². The number of hydrogen-bond donors (Lipinski definition) is 0. The summed E-state index contributed by atoms with van der Waals surface area (Å²) in [5.41, 5.74) is 11.9. The molecule has 7 aromatic rings. The van der Waals surface area contributed by atoms with Crippen molar-refractivity contribution in [3.8, 4) is 33.4 Å². The fourth-order valence-corrected chi connectivity index (χ4v) is 5.71. The van der Waals surface area contributed by atoms with E-state index in [0.717, 1.165) is 17.1 Å². The minimum absolute atomic E-state index is 1.12. The van der Waals surface area contributed by atoms with Gasteiger partial charge in [0.15, 0.2) is 0 Å². The van der Waals surface area contributed by atoms with Crippen LogP contribution in [0.15, 0.2) is 170 Å². The molecule has 0 aromatic heterocycles. The largest absolute Gasteiger partial charge is 0.310 e. The first-order valence-electron chi connectivity index (χ1n) is 14.4. The third-order valence-electron chi connectivity index (χ3n) is 7.93. The summed E-state index contributed by atoms with van der Waals surface area (Å²) in [6.45, 7) is 2.14. The Morgan fingerprint density at radius 3 is 1.36 bits per heavy atom. The van der Waals surface area contributed by atoms with Gasteiger partial charge in [-0.15, -0.1) is 0 Å². The van der Waals surface area contributed by atoms with Gasteiger partial charge in [0.1, 0.15) is 0 Å². The first-order valence-corrected chi connectivity index (χ1v) is 14.4. The molecule has 0 saturated carbocycles. The lowest BCUT2D eigenvalue weighted by molar-refractivity contribution is 1.29. The van der Waals surface area contributed by atoms with Gasteiger partial charge < -0.3 is 4.90 Å². The maximum Gasteiger partial charge on any atom is 0.0474 e. The van der Waals surface area contributed by atoms with Crippen molar-refractivity contribution in [2.45, 2.75) is 6.92 Å². The van der Waals surface area contributed by atoms with E-state index >= 15 is 0 Å². The van der Waals surface area contributed by atoms with Crippen LogP contribution in [0.2, 0.25) is 0 Å². The van der Waals surface area contributed by atoms with Gasteiger partial charge in [0.2, 0.25) is 0 Å². The Kier molecular flexibility index (Phi) is 6.84. The molecule has 1 heteroatoms. The highest BCUT2D eigenvalue weighted by Crippen LogP contribution is 2.41. The van der Waals surface area contributed by atoms with E-state index in [9.17, 15) is 0 Å². The Morgan fingerprint density at radius 1 is 0.357 bits per heavy atom. The summed E-state index contributed by atoms with van der Waals surface area (Å²) in [6.07, 6.45) is 0. The molecule has 0 aliphatic heterocycles. The maximum atomic E-state index is 2.37. The fraction of sp³-hybridized carbons (Fsp3) is 0.0244. The van der Waals surface area contributed by atoms with Gasteiger partial charge in [0.25, 0.3) is 0 Å². The third kappa shape index (κ3) is 5.09. The zero-order valence-corrected chi connectivity index (χ0v) is 23.6. The van der Waals surface area contributed by atoms with Gasteiger partial charge in [-0.05, 0) is 87.5 Å². The Hall–Kier alpha value is -5.40. The molecule has 0 aliphatic carbocycles. The molecule has 42 heavy (non-hydrogen) atoms. The van der Waals surface area contributed by atoms with Crippen LogP contribution in [-0.2, 0) is 0 Å². The predicted molar refractivity (Wildman–Crippen MR) is 180 cm³/mol. The van der Waals surface area contributed by atoms with Gasteiger partial charge in [-0.1, -0.05) is 139 Å².